The normalized spacial score (nSPS) is 15.5. The van der Waals surface area contributed by atoms with E-state index >= 15 is 0 Å². The van der Waals surface area contributed by atoms with Gasteiger partial charge in [-0.3, -0.25) is 4.99 Å². The van der Waals surface area contributed by atoms with Crippen LogP contribution in [0.3, 0.4) is 0 Å². The van der Waals surface area contributed by atoms with Crippen molar-refractivity contribution >= 4 is 5.96 Å². The van der Waals surface area contributed by atoms with E-state index < -0.39 is 12.8 Å². The van der Waals surface area contributed by atoms with E-state index in [4.69, 9.17) is 0 Å². The van der Waals surface area contributed by atoms with E-state index in [-0.39, 0.29) is 6.61 Å². The van der Waals surface area contributed by atoms with Crippen LogP contribution in [0.1, 0.15) is 17.5 Å². The van der Waals surface area contributed by atoms with E-state index in [1.165, 1.54) is 11.1 Å². The topological polar surface area (TPSA) is 36.9 Å². The van der Waals surface area contributed by atoms with Gasteiger partial charge in [0.25, 0.3) is 0 Å². The highest BCUT2D eigenvalue weighted by atomic mass is 19.4. The van der Waals surface area contributed by atoms with Crippen molar-refractivity contribution < 1.29 is 17.9 Å². The molecule has 1 aliphatic rings. The van der Waals surface area contributed by atoms with E-state index in [0.717, 1.165) is 25.5 Å². The number of fused-ring (bicyclic) bond motifs is 1. The molecule has 0 saturated heterocycles. The molecular formula is C16H22F3N3O. The molecule has 23 heavy (non-hydrogen) atoms. The van der Waals surface area contributed by atoms with E-state index in [9.17, 15) is 13.2 Å². The lowest BCUT2D eigenvalue weighted by molar-refractivity contribution is -0.173. The molecule has 0 bridgehead atoms. The number of guanidine groups is 1. The summed E-state index contributed by atoms with van der Waals surface area (Å²) in [5.74, 6) is 0.773. The number of alkyl halides is 3. The van der Waals surface area contributed by atoms with Crippen molar-refractivity contribution in [2.24, 2.45) is 4.99 Å². The Labute approximate surface area is 134 Å². The van der Waals surface area contributed by atoms with Gasteiger partial charge in [0.2, 0.25) is 0 Å². The van der Waals surface area contributed by atoms with Crippen LogP contribution in [0.5, 0.6) is 0 Å². The second-order valence-corrected chi connectivity index (χ2v) is 5.44. The second-order valence-electron chi connectivity index (χ2n) is 5.44. The number of nitrogens with zero attached hydrogens (tertiary/aromatic N) is 2. The van der Waals surface area contributed by atoms with Crippen LogP contribution in [-0.4, -0.2) is 50.4 Å². The van der Waals surface area contributed by atoms with Crippen LogP contribution >= 0.6 is 0 Å². The fourth-order valence-electron chi connectivity index (χ4n) is 2.57. The number of hydrogen-bond donors (Lipinski definition) is 1. The second kappa shape index (κ2) is 8.19. The van der Waals surface area contributed by atoms with Gasteiger partial charge in [-0.15, -0.1) is 0 Å². The zero-order valence-electron chi connectivity index (χ0n) is 13.2. The summed E-state index contributed by atoms with van der Waals surface area (Å²) in [6, 6.07) is 8.32. The highest BCUT2D eigenvalue weighted by Crippen LogP contribution is 2.18. The molecule has 1 aromatic carbocycles. The highest BCUT2D eigenvalue weighted by Gasteiger charge is 2.27. The summed E-state index contributed by atoms with van der Waals surface area (Å²) >= 11 is 0. The molecule has 7 heteroatoms. The van der Waals surface area contributed by atoms with Gasteiger partial charge in [0, 0.05) is 33.3 Å². The molecule has 0 amide bonds. The Bertz CT molecular complexity index is 532. The number of aliphatic imine (C=N–C) groups is 1. The first-order valence-corrected chi connectivity index (χ1v) is 7.66. The average Bonchev–Trinajstić information content (AvgIpc) is 2.53. The highest BCUT2D eigenvalue weighted by molar-refractivity contribution is 5.80. The molecule has 1 N–H and O–H groups in total. The lowest BCUT2D eigenvalue weighted by Crippen LogP contribution is -2.44. The third kappa shape index (κ3) is 5.74. The van der Waals surface area contributed by atoms with Gasteiger partial charge >= 0.3 is 6.18 Å². The molecule has 0 unspecified atom stereocenters. The van der Waals surface area contributed by atoms with Crippen LogP contribution in [0, 0.1) is 0 Å². The first-order chi connectivity index (χ1) is 11.0. The monoisotopic (exact) mass is 329 g/mol. The molecule has 2 rings (SSSR count). The largest absolute Gasteiger partial charge is 0.411 e. The zero-order valence-corrected chi connectivity index (χ0v) is 13.2. The fourth-order valence-corrected chi connectivity index (χ4v) is 2.57. The van der Waals surface area contributed by atoms with Crippen molar-refractivity contribution in [2.75, 3.05) is 33.4 Å². The van der Waals surface area contributed by atoms with Crippen molar-refractivity contribution in [3.63, 3.8) is 0 Å². The number of nitrogens with one attached hydrogen (secondary N) is 1. The van der Waals surface area contributed by atoms with Crippen molar-refractivity contribution in [3.05, 3.63) is 35.4 Å². The number of halogens is 3. The molecule has 4 nitrogen and oxygen atoms in total. The summed E-state index contributed by atoms with van der Waals surface area (Å²) in [7, 11) is 1.71. The first kappa shape index (κ1) is 17.6. The minimum Gasteiger partial charge on any atom is -0.372 e. The smallest absolute Gasteiger partial charge is 0.372 e. The van der Waals surface area contributed by atoms with Gasteiger partial charge in [0.1, 0.15) is 6.61 Å². The summed E-state index contributed by atoms with van der Waals surface area (Å²) < 4.78 is 40.4. The molecule has 0 spiro atoms. The Morgan fingerprint density at radius 2 is 2.04 bits per heavy atom. The molecule has 0 fully saturated rings. The van der Waals surface area contributed by atoms with Gasteiger partial charge in [-0.2, -0.15) is 13.2 Å². The summed E-state index contributed by atoms with van der Waals surface area (Å²) in [5.41, 5.74) is 2.65. The lowest BCUT2D eigenvalue weighted by Gasteiger charge is -2.31. The maximum absolute atomic E-state index is 11.9. The molecule has 1 aromatic rings. The molecule has 0 saturated carbocycles. The maximum atomic E-state index is 11.9. The molecule has 128 valence electrons. The SMILES string of the molecule is CN=C(NCCCOCC(F)(F)F)N1CCc2ccccc2C1. The van der Waals surface area contributed by atoms with Crippen molar-refractivity contribution in [3.8, 4) is 0 Å². The number of hydrogen-bond acceptors (Lipinski definition) is 2. The van der Waals surface area contributed by atoms with Crippen molar-refractivity contribution in [1.29, 1.82) is 0 Å². The zero-order chi connectivity index (χ0) is 16.7. The van der Waals surface area contributed by atoms with Gasteiger partial charge in [-0.05, 0) is 24.0 Å². The third-order valence-electron chi connectivity index (χ3n) is 3.66. The summed E-state index contributed by atoms with van der Waals surface area (Å²) in [5, 5.41) is 3.18. The van der Waals surface area contributed by atoms with Crippen LogP contribution in [0.2, 0.25) is 0 Å². The molecule has 1 aliphatic heterocycles. The summed E-state index contributed by atoms with van der Waals surface area (Å²) in [4.78, 5) is 6.40. The number of ether oxygens (including phenoxy) is 1. The molecule has 0 atom stereocenters. The quantitative estimate of drug-likeness (QED) is 0.512. The Balaban J connectivity index is 1.72. The predicted molar refractivity (Wildman–Crippen MR) is 83.4 cm³/mol. The van der Waals surface area contributed by atoms with Crippen LogP contribution < -0.4 is 5.32 Å². The van der Waals surface area contributed by atoms with E-state index in [1.807, 2.05) is 12.1 Å². The van der Waals surface area contributed by atoms with Crippen molar-refractivity contribution in [1.82, 2.24) is 10.2 Å². The third-order valence-corrected chi connectivity index (χ3v) is 3.66. The standard InChI is InChI=1S/C16H22F3N3O/c1-20-15(21-8-4-10-23-12-16(17,18)19)22-9-7-13-5-2-3-6-14(13)11-22/h2-3,5-6H,4,7-12H2,1H3,(H,20,21). The summed E-state index contributed by atoms with van der Waals surface area (Å²) in [6.45, 7) is 1.08. The van der Waals surface area contributed by atoms with Gasteiger partial charge in [-0.25, -0.2) is 0 Å². The maximum Gasteiger partial charge on any atom is 0.411 e. The first-order valence-electron chi connectivity index (χ1n) is 7.66. The summed E-state index contributed by atoms with van der Waals surface area (Å²) in [6.07, 6.45) is -2.80. The Kier molecular flexibility index (Phi) is 6.27. The molecule has 0 aliphatic carbocycles. The fraction of sp³-hybridized carbons (Fsp3) is 0.562. The van der Waals surface area contributed by atoms with Gasteiger partial charge in [0.15, 0.2) is 5.96 Å². The lowest BCUT2D eigenvalue weighted by atomic mass is 10.0. The van der Waals surface area contributed by atoms with Crippen LogP contribution in [0.4, 0.5) is 13.2 Å². The van der Waals surface area contributed by atoms with Gasteiger partial charge < -0.3 is 15.0 Å². The van der Waals surface area contributed by atoms with E-state index in [2.05, 4.69) is 32.1 Å². The van der Waals surface area contributed by atoms with Crippen LogP contribution in [0.25, 0.3) is 0 Å². The number of benzene rings is 1. The minimum atomic E-state index is -4.26. The Morgan fingerprint density at radius 3 is 2.74 bits per heavy atom. The molecule has 0 radical (unpaired) electrons. The minimum absolute atomic E-state index is 0.0757. The van der Waals surface area contributed by atoms with E-state index in [0.29, 0.717) is 13.0 Å². The molecule has 1 heterocycles. The van der Waals surface area contributed by atoms with Gasteiger partial charge in [0.05, 0.1) is 0 Å². The van der Waals surface area contributed by atoms with Crippen LogP contribution in [0.15, 0.2) is 29.3 Å². The number of rotatable bonds is 5. The van der Waals surface area contributed by atoms with Gasteiger partial charge in [-0.1, -0.05) is 24.3 Å². The molecule has 0 aromatic heterocycles. The average molecular weight is 329 g/mol. The molecular weight excluding hydrogens is 307 g/mol. The predicted octanol–water partition coefficient (Wildman–Crippen LogP) is 2.59. The Hall–Kier alpha value is -1.76. The van der Waals surface area contributed by atoms with Crippen molar-refractivity contribution in [2.45, 2.75) is 25.6 Å². The Morgan fingerprint density at radius 1 is 1.30 bits per heavy atom. The van der Waals surface area contributed by atoms with Crippen LogP contribution in [-0.2, 0) is 17.7 Å². The van der Waals surface area contributed by atoms with E-state index in [1.54, 1.807) is 7.05 Å².